The maximum atomic E-state index is 9.88. The molecule has 2 nitrogen and oxygen atoms in total. The van der Waals surface area contributed by atoms with E-state index in [4.69, 9.17) is 0 Å². The first-order valence-electron chi connectivity index (χ1n) is 4.38. The maximum absolute atomic E-state index is 9.88. The zero-order valence-electron chi connectivity index (χ0n) is 7.71. The van der Waals surface area contributed by atoms with E-state index in [0.717, 1.165) is 25.9 Å². The van der Waals surface area contributed by atoms with Crippen molar-refractivity contribution in [3.8, 4) is 0 Å². The lowest BCUT2D eigenvalue weighted by Gasteiger charge is -2.28. The monoisotopic (exact) mass is 158 g/mol. The van der Waals surface area contributed by atoms with Crippen LogP contribution >= 0.6 is 0 Å². The molecule has 0 aromatic heterocycles. The molecule has 0 saturated heterocycles. The maximum Gasteiger partial charge on any atom is 0.127 e. The molecule has 0 aliphatic rings. The van der Waals surface area contributed by atoms with Crippen molar-refractivity contribution in [1.29, 1.82) is 0 Å². The Hall–Kier alpha value is -0.340. The van der Waals surface area contributed by atoms with Gasteiger partial charge in [0.1, 0.15) is 19.6 Å². The lowest BCUT2D eigenvalue weighted by atomic mass is 10.3. The van der Waals surface area contributed by atoms with E-state index in [2.05, 4.69) is 20.4 Å². The fourth-order valence-corrected chi connectivity index (χ4v) is 1.37. The zero-order valence-corrected chi connectivity index (χ0v) is 7.71. The summed E-state index contributed by atoms with van der Waals surface area (Å²) >= 11 is 0. The van der Waals surface area contributed by atoms with E-state index in [1.807, 2.05) is 0 Å². The van der Waals surface area contributed by atoms with Crippen molar-refractivity contribution in [3.05, 3.63) is 12.7 Å². The molecule has 11 heavy (non-hydrogen) atoms. The van der Waals surface area contributed by atoms with Crippen LogP contribution in [0.5, 0.6) is 0 Å². The lowest BCUT2D eigenvalue weighted by molar-refractivity contribution is -1.10. The quantitative estimate of drug-likeness (QED) is 0.357. The smallest absolute Gasteiger partial charge is 0.127 e. The highest BCUT2D eigenvalue weighted by atomic mass is 16.5. The minimum Gasteiger partial charge on any atom is -0.217 e. The van der Waals surface area contributed by atoms with Gasteiger partial charge in [-0.2, -0.15) is 4.65 Å². The topological polar surface area (TPSA) is 20.2 Å². The largest absolute Gasteiger partial charge is 0.217 e. The highest BCUT2D eigenvalue weighted by molar-refractivity contribution is 4.64. The summed E-state index contributed by atoms with van der Waals surface area (Å²) in [7, 11) is 0. The molecular weight excluding hydrogens is 138 g/mol. The Bertz CT molecular complexity index is 106. The van der Waals surface area contributed by atoms with Crippen LogP contribution in [0.15, 0.2) is 12.7 Å². The molecule has 0 atom stereocenters. The number of hydroxylamine groups is 3. The normalized spacial score (nSPS) is 11.5. The minimum atomic E-state index is 0.163. The van der Waals surface area contributed by atoms with Crippen LogP contribution < -0.4 is 0 Å². The second-order valence-electron chi connectivity index (χ2n) is 3.01. The molecule has 1 N–H and O–H groups in total. The van der Waals surface area contributed by atoms with Gasteiger partial charge < -0.3 is 0 Å². The fraction of sp³-hybridized carbons (Fsp3) is 0.778. The molecule has 0 spiro atoms. The number of nitrogens with zero attached hydrogens (tertiary/aromatic N) is 1. The summed E-state index contributed by atoms with van der Waals surface area (Å²) in [5.74, 6) is 0. The number of quaternary nitrogens is 1. The summed E-state index contributed by atoms with van der Waals surface area (Å²) < 4.78 is 0.163. The first kappa shape index (κ1) is 10.7. The third-order valence-corrected chi connectivity index (χ3v) is 1.75. The van der Waals surface area contributed by atoms with Crippen molar-refractivity contribution in [2.45, 2.75) is 26.7 Å². The van der Waals surface area contributed by atoms with Gasteiger partial charge in [0.2, 0.25) is 0 Å². The molecule has 0 amide bonds. The summed E-state index contributed by atoms with van der Waals surface area (Å²) in [5.41, 5.74) is 0. The van der Waals surface area contributed by atoms with E-state index in [1.54, 1.807) is 6.08 Å². The first-order valence-corrected chi connectivity index (χ1v) is 4.38. The molecule has 0 aliphatic heterocycles. The van der Waals surface area contributed by atoms with Crippen molar-refractivity contribution in [2.75, 3.05) is 19.6 Å². The molecule has 0 aliphatic carbocycles. The molecular formula is C9H20NO+. The fourth-order valence-electron chi connectivity index (χ4n) is 1.37. The molecule has 2 heteroatoms. The van der Waals surface area contributed by atoms with Crippen LogP contribution in [0.2, 0.25) is 0 Å². The Morgan fingerprint density at radius 3 is 2.00 bits per heavy atom. The highest BCUT2D eigenvalue weighted by Gasteiger charge is 2.20. The number of hydrogen-bond donors (Lipinski definition) is 1. The van der Waals surface area contributed by atoms with Gasteiger partial charge in [0.25, 0.3) is 0 Å². The molecule has 0 unspecified atom stereocenters. The molecule has 0 saturated carbocycles. The Morgan fingerprint density at radius 2 is 1.73 bits per heavy atom. The van der Waals surface area contributed by atoms with Gasteiger partial charge in [-0.15, -0.1) is 0 Å². The van der Waals surface area contributed by atoms with Crippen LogP contribution in [0.4, 0.5) is 0 Å². The molecule has 0 bridgehead atoms. The van der Waals surface area contributed by atoms with Gasteiger partial charge in [-0.05, 0) is 18.9 Å². The van der Waals surface area contributed by atoms with Crippen molar-refractivity contribution in [1.82, 2.24) is 0 Å². The minimum absolute atomic E-state index is 0.163. The van der Waals surface area contributed by atoms with Crippen LogP contribution in [0, 0.1) is 0 Å². The van der Waals surface area contributed by atoms with E-state index in [-0.39, 0.29) is 4.65 Å². The average Bonchev–Trinajstić information content (AvgIpc) is 1.88. The van der Waals surface area contributed by atoms with Gasteiger partial charge in [0.05, 0.1) is 0 Å². The second kappa shape index (κ2) is 5.33. The van der Waals surface area contributed by atoms with Gasteiger partial charge in [-0.25, -0.2) is 5.21 Å². The highest BCUT2D eigenvalue weighted by Crippen LogP contribution is 2.04. The van der Waals surface area contributed by atoms with Gasteiger partial charge in [-0.1, -0.05) is 20.4 Å². The predicted molar refractivity (Wildman–Crippen MR) is 47.4 cm³/mol. The first-order chi connectivity index (χ1) is 5.18. The van der Waals surface area contributed by atoms with Crippen LogP contribution in [0.25, 0.3) is 0 Å². The zero-order chi connectivity index (χ0) is 8.74. The molecule has 0 aromatic rings. The van der Waals surface area contributed by atoms with E-state index in [1.165, 1.54) is 0 Å². The van der Waals surface area contributed by atoms with E-state index < -0.39 is 0 Å². The van der Waals surface area contributed by atoms with Crippen molar-refractivity contribution < 1.29 is 9.85 Å². The van der Waals surface area contributed by atoms with Gasteiger partial charge in [0, 0.05) is 0 Å². The van der Waals surface area contributed by atoms with Crippen molar-refractivity contribution in [3.63, 3.8) is 0 Å². The number of hydrogen-bond acceptors (Lipinski definition) is 1. The van der Waals surface area contributed by atoms with E-state index in [0.29, 0.717) is 6.54 Å². The summed E-state index contributed by atoms with van der Waals surface area (Å²) in [4.78, 5) is 0. The molecule has 66 valence electrons. The predicted octanol–water partition coefficient (Wildman–Crippen LogP) is 2.20. The average molecular weight is 158 g/mol. The molecule has 0 fully saturated rings. The van der Waals surface area contributed by atoms with Crippen LogP contribution in [-0.4, -0.2) is 29.5 Å². The second-order valence-corrected chi connectivity index (χ2v) is 3.01. The molecule has 0 rings (SSSR count). The Labute approximate surface area is 69.7 Å². The summed E-state index contributed by atoms with van der Waals surface area (Å²) in [5, 5.41) is 9.88. The van der Waals surface area contributed by atoms with Gasteiger partial charge >= 0.3 is 0 Å². The van der Waals surface area contributed by atoms with Gasteiger partial charge in [0.15, 0.2) is 0 Å². The van der Waals surface area contributed by atoms with Gasteiger partial charge in [-0.3, -0.25) is 0 Å². The third-order valence-electron chi connectivity index (χ3n) is 1.75. The van der Waals surface area contributed by atoms with Crippen molar-refractivity contribution in [2.24, 2.45) is 0 Å². The van der Waals surface area contributed by atoms with Crippen LogP contribution in [-0.2, 0) is 0 Å². The molecule has 0 radical (unpaired) electrons. The van der Waals surface area contributed by atoms with E-state index in [9.17, 15) is 5.21 Å². The molecule has 0 heterocycles. The van der Waals surface area contributed by atoms with E-state index >= 15 is 0 Å². The van der Waals surface area contributed by atoms with Crippen molar-refractivity contribution >= 4 is 0 Å². The standard InChI is InChI=1S/C9H20NO/c1-4-7-10(11,8-5-2)9-6-3/h4,11H,1,5-9H2,2-3H3/q+1. The Morgan fingerprint density at radius 1 is 1.27 bits per heavy atom. The van der Waals surface area contributed by atoms with Crippen LogP contribution in [0.1, 0.15) is 26.7 Å². The SMILES string of the molecule is C=CC[N+](O)(CCC)CCC. The third kappa shape index (κ3) is 4.17. The Kier molecular flexibility index (Phi) is 5.16. The summed E-state index contributed by atoms with van der Waals surface area (Å²) in [6.45, 7) is 10.1. The van der Waals surface area contributed by atoms with Crippen LogP contribution in [0.3, 0.4) is 0 Å². The number of rotatable bonds is 6. The lowest BCUT2D eigenvalue weighted by Crippen LogP contribution is -2.45. The summed E-state index contributed by atoms with van der Waals surface area (Å²) in [6.07, 6.45) is 3.82. The molecule has 0 aromatic carbocycles. The Balaban J connectivity index is 3.88. The summed E-state index contributed by atoms with van der Waals surface area (Å²) in [6, 6.07) is 0.